The van der Waals surface area contributed by atoms with E-state index in [1.54, 1.807) is 19.2 Å². The molecule has 0 fully saturated rings. The van der Waals surface area contributed by atoms with Gasteiger partial charge in [0.25, 0.3) is 0 Å². The van der Waals surface area contributed by atoms with Crippen molar-refractivity contribution in [1.82, 2.24) is 4.31 Å². The van der Waals surface area contributed by atoms with Crippen molar-refractivity contribution in [2.75, 3.05) is 7.05 Å². The van der Waals surface area contributed by atoms with Gasteiger partial charge in [0, 0.05) is 13.1 Å². The van der Waals surface area contributed by atoms with Gasteiger partial charge in [-0.3, -0.25) is 0 Å². The lowest BCUT2D eigenvalue weighted by Crippen LogP contribution is -2.29. The molecule has 0 amide bonds. The second-order valence-corrected chi connectivity index (χ2v) is 7.10. The second-order valence-electron chi connectivity index (χ2n) is 5.11. The third-order valence-electron chi connectivity index (χ3n) is 3.84. The Morgan fingerprint density at radius 2 is 1.57 bits per heavy atom. The summed E-state index contributed by atoms with van der Waals surface area (Å²) in [6.45, 7) is 3.94. The molecule has 0 heterocycles. The molecule has 0 aliphatic carbocycles. The molecule has 0 aliphatic rings. The van der Waals surface area contributed by atoms with Crippen LogP contribution >= 0.6 is 0 Å². The molecule has 0 saturated heterocycles. The summed E-state index contributed by atoms with van der Waals surface area (Å²) < 4.78 is 26.8. The van der Waals surface area contributed by atoms with E-state index >= 15 is 0 Å². The molecule has 0 spiro atoms. The number of sulfonamides is 1. The zero-order chi connectivity index (χ0) is 15.5. The maximum Gasteiger partial charge on any atom is 0.243 e. The summed E-state index contributed by atoms with van der Waals surface area (Å²) >= 11 is 0. The summed E-state index contributed by atoms with van der Waals surface area (Å²) in [5.74, 6) is 0. The lowest BCUT2D eigenvalue weighted by atomic mass is 10.1. The fraction of sp³-hybridized carbons (Fsp3) is 0.294. The Labute approximate surface area is 127 Å². The van der Waals surface area contributed by atoms with Crippen molar-refractivity contribution in [2.45, 2.75) is 31.2 Å². The van der Waals surface area contributed by atoms with Crippen LogP contribution in [0.4, 0.5) is 0 Å². The predicted octanol–water partition coefficient (Wildman–Crippen LogP) is 3.63. The largest absolute Gasteiger partial charge is 0.243 e. The van der Waals surface area contributed by atoms with Gasteiger partial charge in [0.1, 0.15) is 0 Å². The molecule has 2 rings (SSSR count). The highest BCUT2D eigenvalue weighted by Gasteiger charge is 2.25. The standard InChI is InChI=1S/C17H21NO2S/c1-4-15-10-12-17(13-11-15)21(19,20)18(3)14(2)16-8-6-5-7-9-16/h5-14H,4H2,1-3H3. The minimum atomic E-state index is -3.48. The third-order valence-corrected chi connectivity index (χ3v) is 5.78. The highest BCUT2D eigenvalue weighted by atomic mass is 32.2. The molecule has 1 atom stereocenters. The Kier molecular flexibility index (Phi) is 4.80. The fourth-order valence-corrected chi connectivity index (χ4v) is 3.56. The zero-order valence-corrected chi connectivity index (χ0v) is 13.5. The van der Waals surface area contributed by atoms with Gasteiger partial charge < -0.3 is 0 Å². The number of hydrogen-bond donors (Lipinski definition) is 0. The molecule has 0 bridgehead atoms. The highest BCUT2D eigenvalue weighted by Crippen LogP contribution is 2.25. The zero-order valence-electron chi connectivity index (χ0n) is 12.7. The summed E-state index contributed by atoms with van der Waals surface area (Å²) in [6, 6.07) is 16.5. The van der Waals surface area contributed by atoms with E-state index in [0.29, 0.717) is 4.90 Å². The first-order valence-electron chi connectivity index (χ1n) is 7.08. The molecule has 3 nitrogen and oxygen atoms in total. The van der Waals surface area contributed by atoms with Gasteiger partial charge in [-0.1, -0.05) is 49.4 Å². The van der Waals surface area contributed by atoms with Crippen LogP contribution in [0.15, 0.2) is 59.5 Å². The number of hydrogen-bond acceptors (Lipinski definition) is 2. The maximum absolute atomic E-state index is 12.7. The third kappa shape index (κ3) is 3.34. The van der Waals surface area contributed by atoms with E-state index in [1.165, 1.54) is 4.31 Å². The lowest BCUT2D eigenvalue weighted by molar-refractivity contribution is 0.398. The first-order chi connectivity index (χ1) is 9.96. The van der Waals surface area contributed by atoms with Crippen LogP contribution in [0.5, 0.6) is 0 Å². The molecule has 0 radical (unpaired) electrons. The Balaban J connectivity index is 2.29. The molecule has 0 N–H and O–H groups in total. The van der Waals surface area contributed by atoms with E-state index in [4.69, 9.17) is 0 Å². The van der Waals surface area contributed by atoms with Gasteiger partial charge in [0.2, 0.25) is 10.0 Å². The molecular formula is C17H21NO2S. The van der Waals surface area contributed by atoms with Gasteiger partial charge in [-0.15, -0.1) is 0 Å². The molecule has 112 valence electrons. The molecule has 0 aliphatic heterocycles. The van der Waals surface area contributed by atoms with Crippen LogP contribution in [0.3, 0.4) is 0 Å². The van der Waals surface area contributed by atoms with Crippen molar-refractivity contribution in [3.8, 4) is 0 Å². The molecule has 2 aromatic rings. The molecular weight excluding hydrogens is 282 g/mol. The minimum absolute atomic E-state index is 0.206. The summed E-state index contributed by atoms with van der Waals surface area (Å²) in [4.78, 5) is 0.338. The number of rotatable bonds is 5. The number of benzene rings is 2. The average molecular weight is 303 g/mol. The van der Waals surface area contributed by atoms with E-state index < -0.39 is 10.0 Å². The predicted molar refractivity (Wildman–Crippen MR) is 85.6 cm³/mol. The topological polar surface area (TPSA) is 37.4 Å². The van der Waals surface area contributed by atoms with Crippen LogP contribution in [0.2, 0.25) is 0 Å². The van der Waals surface area contributed by atoms with Gasteiger partial charge in [-0.05, 0) is 36.6 Å². The van der Waals surface area contributed by atoms with Crippen molar-refractivity contribution >= 4 is 10.0 Å². The molecule has 21 heavy (non-hydrogen) atoms. The molecule has 2 aromatic carbocycles. The quantitative estimate of drug-likeness (QED) is 0.846. The van der Waals surface area contributed by atoms with Crippen molar-refractivity contribution < 1.29 is 8.42 Å². The Morgan fingerprint density at radius 1 is 1.00 bits per heavy atom. The van der Waals surface area contributed by atoms with Crippen LogP contribution in [-0.2, 0) is 16.4 Å². The van der Waals surface area contributed by atoms with E-state index in [1.807, 2.05) is 56.3 Å². The molecule has 0 saturated carbocycles. The normalized spacial score (nSPS) is 13.3. The van der Waals surface area contributed by atoms with Gasteiger partial charge in [-0.2, -0.15) is 4.31 Å². The van der Waals surface area contributed by atoms with Crippen molar-refractivity contribution in [2.24, 2.45) is 0 Å². The van der Waals surface area contributed by atoms with E-state index in [9.17, 15) is 8.42 Å². The Morgan fingerprint density at radius 3 is 2.10 bits per heavy atom. The maximum atomic E-state index is 12.7. The summed E-state index contributed by atoms with van der Waals surface area (Å²) in [5, 5.41) is 0. The second kappa shape index (κ2) is 6.41. The number of aryl methyl sites for hydroxylation is 1. The van der Waals surface area contributed by atoms with Crippen molar-refractivity contribution in [3.05, 3.63) is 65.7 Å². The van der Waals surface area contributed by atoms with Crippen molar-refractivity contribution in [1.29, 1.82) is 0 Å². The average Bonchev–Trinajstić information content (AvgIpc) is 2.54. The van der Waals surface area contributed by atoms with E-state index in [0.717, 1.165) is 17.5 Å². The van der Waals surface area contributed by atoms with Crippen LogP contribution < -0.4 is 0 Å². The van der Waals surface area contributed by atoms with E-state index in [-0.39, 0.29) is 6.04 Å². The summed E-state index contributed by atoms with van der Waals surface area (Å²) in [6.07, 6.45) is 0.899. The Bertz CT molecular complexity index is 678. The van der Waals surface area contributed by atoms with Gasteiger partial charge in [0.15, 0.2) is 0 Å². The van der Waals surface area contributed by atoms with Gasteiger partial charge in [0.05, 0.1) is 4.90 Å². The summed E-state index contributed by atoms with van der Waals surface area (Å²) in [5.41, 5.74) is 2.11. The van der Waals surface area contributed by atoms with E-state index in [2.05, 4.69) is 0 Å². The minimum Gasteiger partial charge on any atom is -0.207 e. The van der Waals surface area contributed by atoms with Gasteiger partial charge >= 0.3 is 0 Å². The first-order valence-corrected chi connectivity index (χ1v) is 8.52. The molecule has 4 heteroatoms. The smallest absolute Gasteiger partial charge is 0.207 e. The highest BCUT2D eigenvalue weighted by molar-refractivity contribution is 7.89. The first kappa shape index (κ1) is 15.7. The number of nitrogens with zero attached hydrogens (tertiary/aromatic N) is 1. The van der Waals surface area contributed by atoms with Crippen LogP contribution in [-0.4, -0.2) is 19.8 Å². The monoisotopic (exact) mass is 303 g/mol. The van der Waals surface area contributed by atoms with Crippen LogP contribution in [0.25, 0.3) is 0 Å². The molecule has 1 unspecified atom stereocenters. The van der Waals surface area contributed by atoms with Crippen LogP contribution in [0.1, 0.15) is 31.0 Å². The lowest BCUT2D eigenvalue weighted by Gasteiger charge is -2.24. The molecule has 0 aromatic heterocycles. The van der Waals surface area contributed by atoms with Crippen molar-refractivity contribution in [3.63, 3.8) is 0 Å². The SMILES string of the molecule is CCc1ccc(S(=O)(=O)N(C)C(C)c2ccccc2)cc1. The Hall–Kier alpha value is -1.65. The van der Waals surface area contributed by atoms with Crippen LogP contribution in [0, 0.1) is 0 Å². The fourth-order valence-electron chi connectivity index (χ4n) is 2.21. The van der Waals surface area contributed by atoms with Gasteiger partial charge in [-0.25, -0.2) is 8.42 Å². The summed E-state index contributed by atoms with van der Waals surface area (Å²) in [7, 11) is -1.85.